The van der Waals surface area contributed by atoms with Crippen LogP contribution < -0.4 is 4.74 Å². The molecule has 0 aliphatic carbocycles. The van der Waals surface area contributed by atoms with E-state index in [9.17, 15) is 9.18 Å². The highest BCUT2D eigenvalue weighted by molar-refractivity contribution is 5.92. The van der Waals surface area contributed by atoms with Crippen molar-refractivity contribution >= 4 is 5.91 Å². The molecule has 158 valence electrons. The van der Waals surface area contributed by atoms with Crippen molar-refractivity contribution < 1.29 is 13.9 Å². The van der Waals surface area contributed by atoms with Gasteiger partial charge in [0.05, 0.1) is 7.11 Å². The predicted molar refractivity (Wildman–Crippen MR) is 112 cm³/mol. The van der Waals surface area contributed by atoms with Crippen LogP contribution in [0.1, 0.15) is 47.8 Å². The van der Waals surface area contributed by atoms with E-state index in [1.807, 2.05) is 17.0 Å². The van der Waals surface area contributed by atoms with Crippen LogP contribution in [0, 0.1) is 17.7 Å². The number of hydrogen-bond acceptors (Lipinski definition) is 4. The van der Waals surface area contributed by atoms with Crippen molar-refractivity contribution in [1.29, 1.82) is 0 Å². The van der Waals surface area contributed by atoms with Crippen molar-refractivity contribution in [3.8, 4) is 5.75 Å². The number of hydrogen-bond donors (Lipinski definition) is 0. The third-order valence-corrected chi connectivity index (χ3v) is 7.14. The molecule has 1 aromatic carbocycles. The fraction of sp³-hybridized carbons (Fsp3) is 0.500. The molecule has 2 aromatic rings. The maximum Gasteiger partial charge on any atom is 0.275 e. The normalized spacial score (nSPS) is 28.7. The van der Waals surface area contributed by atoms with E-state index in [0.29, 0.717) is 37.0 Å². The van der Waals surface area contributed by atoms with E-state index in [2.05, 4.69) is 22.0 Å². The topological polar surface area (TPSA) is 45.7 Å². The SMILES string of the molecule is COc1ccc([C@H]2CCC[C@H]3[C@@H]4C[C@@H](CN(C(=O)c5ncccc5F)C4)CN23)cc1. The summed E-state index contributed by atoms with van der Waals surface area (Å²) in [6, 6.07) is 12.2. The molecule has 0 radical (unpaired) electrons. The minimum Gasteiger partial charge on any atom is -0.497 e. The second-order valence-electron chi connectivity index (χ2n) is 8.89. The van der Waals surface area contributed by atoms with Gasteiger partial charge in [0.25, 0.3) is 5.91 Å². The molecule has 0 N–H and O–H groups in total. The molecule has 1 aromatic heterocycles. The summed E-state index contributed by atoms with van der Waals surface area (Å²) >= 11 is 0. The first kappa shape index (κ1) is 19.5. The van der Waals surface area contributed by atoms with Crippen molar-refractivity contribution in [2.75, 3.05) is 26.7 Å². The summed E-state index contributed by atoms with van der Waals surface area (Å²) in [6.07, 6.45) is 6.18. The predicted octanol–water partition coefficient (Wildman–Crippen LogP) is 3.92. The zero-order valence-electron chi connectivity index (χ0n) is 17.3. The van der Waals surface area contributed by atoms with Gasteiger partial charge in [0.15, 0.2) is 11.5 Å². The van der Waals surface area contributed by atoms with Gasteiger partial charge < -0.3 is 9.64 Å². The number of carbonyl (C=O) groups excluding carboxylic acids is 1. The lowest BCUT2D eigenvalue weighted by Gasteiger charge is -2.55. The molecule has 0 unspecified atom stereocenters. The summed E-state index contributed by atoms with van der Waals surface area (Å²) in [5.41, 5.74) is 1.30. The first-order valence-corrected chi connectivity index (χ1v) is 10.9. The van der Waals surface area contributed by atoms with Crippen molar-refractivity contribution in [1.82, 2.24) is 14.8 Å². The molecule has 4 atom stereocenters. The number of pyridine rings is 1. The van der Waals surface area contributed by atoms with Gasteiger partial charge >= 0.3 is 0 Å². The third kappa shape index (κ3) is 3.47. The lowest BCUT2D eigenvalue weighted by atomic mass is 9.74. The van der Waals surface area contributed by atoms with E-state index >= 15 is 0 Å². The summed E-state index contributed by atoms with van der Waals surface area (Å²) in [7, 11) is 1.70. The molecule has 2 bridgehead atoms. The fourth-order valence-electron chi connectivity index (χ4n) is 5.85. The van der Waals surface area contributed by atoms with E-state index in [1.54, 1.807) is 7.11 Å². The quantitative estimate of drug-likeness (QED) is 0.771. The molecule has 5 nitrogen and oxygen atoms in total. The van der Waals surface area contributed by atoms with Crippen molar-refractivity contribution in [3.05, 3.63) is 59.7 Å². The molecule has 1 amide bonds. The molecule has 3 fully saturated rings. The van der Waals surface area contributed by atoms with E-state index in [4.69, 9.17) is 4.74 Å². The minimum atomic E-state index is -0.530. The monoisotopic (exact) mass is 409 g/mol. The Morgan fingerprint density at radius 3 is 2.73 bits per heavy atom. The first-order chi connectivity index (χ1) is 14.6. The second kappa shape index (κ2) is 7.99. The number of methoxy groups -OCH3 is 1. The number of likely N-dealkylation sites (tertiary alicyclic amines) is 1. The van der Waals surface area contributed by atoms with Gasteiger partial charge in [-0.1, -0.05) is 12.1 Å². The van der Waals surface area contributed by atoms with Gasteiger partial charge in [-0.15, -0.1) is 0 Å². The van der Waals surface area contributed by atoms with Gasteiger partial charge in [-0.2, -0.15) is 0 Å². The lowest BCUT2D eigenvalue weighted by Crippen LogP contribution is -2.60. The molecule has 0 spiro atoms. The number of piperidine rings is 3. The largest absolute Gasteiger partial charge is 0.497 e. The van der Waals surface area contributed by atoms with Crippen LogP contribution in [-0.4, -0.2) is 53.5 Å². The number of rotatable bonds is 3. The van der Waals surface area contributed by atoms with Crippen LogP contribution in [0.15, 0.2) is 42.6 Å². The molecule has 4 heterocycles. The Balaban J connectivity index is 1.35. The number of fused-ring (bicyclic) bond motifs is 4. The van der Waals surface area contributed by atoms with Crippen LogP contribution in [0.25, 0.3) is 0 Å². The van der Waals surface area contributed by atoms with Crippen molar-refractivity contribution in [2.24, 2.45) is 11.8 Å². The number of ether oxygens (including phenoxy) is 1. The van der Waals surface area contributed by atoms with Crippen LogP contribution in [-0.2, 0) is 0 Å². The standard InChI is InChI=1S/C24H28FN3O2/c1-30-19-9-7-17(8-10-19)21-5-2-6-22-18-12-16(14-28(21)22)13-27(15-18)24(29)23-20(25)4-3-11-26-23/h3-4,7-11,16,18,21-22H,2,5-6,12-15H2,1H3/t16-,18+,21+,22-/m0/s1. The lowest BCUT2D eigenvalue weighted by molar-refractivity contribution is -0.0513. The highest BCUT2D eigenvalue weighted by Gasteiger charge is 2.46. The first-order valence-electron chi connectivity index (χ1n) is 10.9. The highest BCUT2D eigenvalue weighted by Crippen LogP contribution is 2.44. The summed E-state index contributed by atoms with van der Waals surface area (Å²) in [5.74, 6) is 0.956. The Hall–Kier alpha value is -2.47. The Labute approximate surface area is 176 Å². The molecule has 30 heavy (non-hydrogen) atoms. The number of nitrogens with zero attached hydrogens (tertiary/aromatic N) is 3. The average Bonchev–Trinajstić information content (AvgIpc) is 2.78. The van der Waals surface area contributed by atoms with Crippen molar-refractivity contribution in [2.45, 2.75) is 37.8 Å². The maximum atomic E-state index is 14.1. The molecule has 5 rings (SSSR count). The Morgan fingerprint density at radius 1 is 1.13 bits per heavy atom. The molecule has 6 heteroatoms. The van der Waals surface area contributed by atoms with E-state index in [-0.39, 0.29) is 11.6 Å². The van der Waals surface area contributed by atoms with Gasteiger partial charge in [-0.05, 0) is 67.3 Å². The average molecular weight is 410 g/mol. The molecular weight excluding hydrogens is 381 g/mol. The fourth-order valence-corrected chi connectivity index (χ4v) is 5.85. The molecule has 3 aliphatic heterocycles. The number of aromatic nitrogens is 1. The van der Waals surface area contributed by atoms with Gasteiger partial charge in [-0.25, -0.2) is 9.37 Å². The van der Waals surface area contributed by atoms with E-state index < -0.39 is 5.82 Å². The van der Waals surface area contributed by atoms with E-state index in [0.717, 1.165) is 18.7 Å². The molecule has 3 aliphatic rings. The maximum absolute atomic E-state index is 14.1. The number of halogens is 1. The summed E-state index contributed by atoms with van der Waals surface area (Å²) in [4.78, 5) is 21.5. The van der Waals surface area contributed by atoms with Gasteiger partial charge in [0, 0.05) is 37.9 Å². The van der Waals surface area contributed by atoms with Crippen LogP contribution in [0.4, 0.5) is 4.39 Å². The third-order valence-electron chi connectivity index (χ3n) is 7.14. The van der Waals surface area contributed by atoms with Gasteiger partial charge in [0.1, 0.15) is 5.75 Å². The number of benzene rings is 1. The summed E-state index contributed by atoms with van der Waals surface area (Å²) in [5, 5.41) is 0. The van der Waals surface area contributed by atoms with Crippen LogP contribution >= 0.6 is 0 Å². The van der Waals surface area contributed by atoms with E-state index in [1.165, 1.54) is 43.2 Å². The smallest absolute Gasteiger partial charge is 0.275 e. The zero-order valence-corrected chi connectivity index (χ0v) is 17.3. The molecule has 3 saturated heterocycles. The van der Waals surface area contributed by atoms with Crippen LogP contribution in [0.3, 0.4) is 0 Å². The summed E-state index contributed by atoms with van der Waals surface area (Å²) in [6.45, 7) is 2.37. The Bertz CT molecular complexity index is 919. The Kier molecular flexibility index (Phi) is 5.19. The van der Waals surface area contributed by atoms with Crippen LogP contribution in [0.5, 0.6) is 5.75 Å². The molecule has 0 saturated carbocycles. The summed E-state index contributed by atoms with van der Waals surface area (Å²) < 4.78 is 19.4. The van der Waals surface area contributed by atoms with Gasteiger partial charge in [-0.3, -0.25) is 9.69 Å². The number of carbonyl (C=O) groups is 1. The molecular formula is C24H28FN3O2. The van der Waals surface area contributed by atoms with Crippen LogP contribution in [0.2, 0.25) is 0 Å². The highest BCUT2D eigenvalue weighted by atomic mass is 19.1. The minimum absolute atomic E-state index is 0.0471. The Morgan fingerprint density at radius 2 is 1.97 bits per heavy atom. The van der Waals surface area contributed by atoms with Crippen molar-refractivity contribution in [3.63, 3.8) is 0 Å². The zero-order chi connectivity index (χ0) is 20.7. The second-order valence-corrected chi connectivity index (χ2v) is 8.89. The number of amides is 1. The van der Waals surface area contributed by atoms with Gasteiger partial charge in [0.2, 0.25) is 0 Å².